The van der Waals surface area contributed by atoms with Crippen molar-refractivity contribution in [1.29, 1.82) is 0 Å². The molecule has 0 bridgehead atoms. The zero-order valence-electron chi connectivity index (χ0n) is 21.6. The molecule has 0 fully saturated rings. The Bertz CT molecular complexity index is 378. The highest BCUT2D eigenvalue weighted by Crippen LogP contribution is 2.43. The number of aliphatic hydroxyl groups excluding tert-OH is 3. The standard InChI is InChI=1S/C28H56O4/c1-4-7-9-11-13-15-17-19-21-28(32-23-6-3,27(24-29,25-30)26-31)22-20-18-16-14-12-10-8-5-2/h6,29-31H,3-5,7-26H2,1-2H3. The van der Waals surface area contributed by atoms with Crippen molar-refractivity contribution in [3.8, 4) is 0 Å². The van der Waals surface area contributed by atoms with Gasteiger partial charge in [-0.05, 0) is 12.8 Å². The van der Waals surface area contributed by atoms with Gasteiger partial charge in [-0.25, -0.2) is 0 Å². The molecule has 192 valence electrons. The van der Waals surface area contributed by atoms with Crippen LogP contribution in [0.4, 0.5) is 0 Å². The van der Waals surface area contributed by atoms with Crippen molar-refractivity contribution >= 4 is 0 Å². The number of hydrogen-bond donors (Lipinski definition) is 3. The first-order valence-electron chi connectivity index (χ1n) is 13.7. The average molecular weight is 457 g/mol. The van der Waals surface area contributed by atoms with Crippen LogP contribution in [0.2, 0.25) is 0 Å². The number of unbranched alkanes of at least 4 members (excludes halogenated alkanes) is 14. The molecule has 0 unspecified atom stereocenters. The quantitative estimate of drug-likeness (QED) is 0.103. The maximum Gasteiger partial charge on any atom is 0.0808 e. The predicted octanol–water partition coefficient (Wildman–Crippen LogP) is 6.95. The summed E-state index contributed by atoms with van der Waals surface area (Å²) in [7, 11) is 0. The largest absolute Gasteiger partial charge is 0.395 e. The topological polar surface area (TPSA) is 69.9 Å². The zero-order valence-corrected chi connectivity index (χ0v) is 21.6. The second-order valence-electron chi connectivity index (χ2n) is 9.80. The minimum atomic E-state index is -1.03. The minimum Gasteiger partial charge on any atom is -0.395 e. The second kappa shape index (κ2) is 21.1. The summed E-state index contributed by atoms with van der Waals surface area (Å²) in [5.41, 5.74) is -1.75. The molecule has 0 aliphatic heterocycles. The van der Waals surface area contributed by atoms with E-state index in [4.69, 9.17) is 4.74 Å². The molecule has 0 aliphatic carbocycles. The zero-order chi connectivity index (χ0) is 24.0. The number of ether oxygens (including phenoxy) is 1. The van der Waals surface area contributed by atoms with Crippen LogP contribution in [-0.2, 0) is 4.74 Å². The van der Waals surface area contributed by atoms with Crippen LogP contribution in [0.15, 0.2) is 12.7 Å². The van der Waals surface area contributed by atoms with Crippen LogP contribution in [0.1, 0.15) is 129 Å². The van der Waals surface area contributed by atoms with Crippen molar-refractivity contribution < 1.29 is 20.1 Å². The fourth-order valence-corrected chi connectivity index (χ4v) is 4.84. The Labute approximate surface area is 199 Å². The lowest BCUT2D eigenvalue weighted by Gasteiger charge is -2.48. The Morgan fingerprint density at radius 2 is 0.938 bits per heavy atom. The van der Waals surface area contributed by atoms with E-state index in [1.807, 2.05) is 0 Å². The molecule has 4 heteroatoms. The summed E-state index contributed by atoms with van der Waals surface area (Å²) in [5, 5.41) is 30.7. The second-order valence-corrected chi connectivity index (χ2v) is 9.80. The Morgan fingerprint density at radius 1 is 0.594 bits per heavy atom. The average Bonchev–Trinajstić information content (AvgIpc) is 2.82. The Balaban J connectivity index is 4.92. The predicted molar refractivity (Wildman–Crippen MR) is 137 cm³/mol. The van der Waals surface area contributed by atoms with Gasteiger partial charge in [0.2, 0.25) is 0 Å². The van der Waals surface area contributed by atoms with Crippen LogP contribution >= 0.6 is 0 Å². The molecule has 0 amide bonds. The van der Waals surface area contributed by atoms with E-state index in [1.165, 1.54) is 77.0 Å². The van der Waals surface area contributed by atoms with Gasteiger partial charge in [-0.3, -0.25) is 0 Å². The van der Waals surface area contributed by atoms with E-state index in [1.54, 1.807) is 6.08 Å². The SMILES string of the molecule is C=CCOC(CCCCCCCCCC)(CCCCCCCCCC)C(CO)(CO)CO. The molecule has 0 atom stereocenters. The monoisotopic (exact) mass is 456 g/mol. The van der Waals surface area contributed by atoms with Crippen molar-refractivity contribution in [2.45, 2.75) is 135 Å². The van der Waals surface area contributed by atoms with E-state index < -0.39 is 11.0 Å². The molecule has 0 rings (SSSR count). The van der Waals surface area contributed by atoms with E-state index in [-0.39, 0.29) is 19.8 Å². The lowest BCUT2D eigenvalue weighted by Crippen LogP contribution is -2.57. The van der Waals surface area contributed by atoms with Crippen molar-refractivity contribution in [2.24, 2.45) is 5.41 Å². The highest BCUT2D eigenvalue weighted by molar-refractivity contribution is 5.00. The molecular formula is C28H56O4. The van der Waals surface area contributed by atoms with Crippen LogP contribution in [-0.4, -0.2) is 47.3 Å². The molecule has 0 aromatic heterocycles. The van der Waals surface area contributed by atoms with Crippen molar-refractivity contribution in [3.63, 3.8) is 0 Å². The summed E-state index contributed by atoms with van der Waals surface area (Å²) in [6.45, 7) is 7.84. The van der Waals surface area contributed by atoms with Crippen molar-refractivity contribution in [1.82, 2.24) is 0 Å². The fourth-order valence-electron chi connectivity index (χ4n) is 4.84. The van der Waals surface area contributed by atoms with E-state index in [2.05, 4.69) is 20.4 Å². The molecule has 0 aromatic carbocycles. The molecule has 0 heterocycles. The Kier molecular flexibility index (Phi) is 20.9. The number of rotatable bonds is 25. The summed E-state index contributed by atoms with van der Waals surface area (Å²) in [6.07, 6.45) is 22.9. The fraction of sp³-hybridized carbons (Fsp3) is 0.929. The summed E-state index contributed by atoms with van der Waals surface area (Å²) in [6, 6.07) is 0. The van der Waals surface area contributed by atoms with Gasteiger partial charge < -0.3 is 20.1 Å². The highest BCUT2D eigenvalue weighted by Gasteiger charge is 2.50. The Morgan fingerprint density at radius 3 is 1.25 bits per heavy atom. The lowest BCUT2D eigenvalue weighted by molar-refractivity contribution is -0.188. The van der Waals surface area contributed by atoms with Gasteiger partial charge in [0.15, 0.2) is 0 Å². The first-order valence-corrected chi connectivity index (χ1v) is 13.7. The van der Waals surface area contributed by atoms with Crippen LogP contribution in [0, 0.1) is 5.41 Å². The van der Waals surface area contributed by atoms with Gasteiger partial charge in [0, 0.05) is 0 Å². The third kappa shape index (κ3) is 12.2. The van der Waals surface area contributed by atoms with Gasteiger partial charge in [-0.2, -0.15) is 0 Å². The molecule has 0 spiro atoms. The Hall–Kier alpha value is -0.420. The highest BCUT2D eigenvalue weighted by atomic mass is 16.5. The summed E-state index contributed by atoms with van der Waals surface area (Å²) < 4.78 is 6.34. The first-order chi connectivity index (χ1) is 15.6. The van der Waals surface area contributed by atoms with E-state index >= 15 is 0 Å². The summed E-state index contributed by atoms with van der Waals surface area (Å²) >= 11 is 0. The maximum absolute atomic E-state index is 10.2. The molecule has 0 saturated heterocycles. The third-order valence-corrected chi connectivity index (χ3v) is 7.22. The molecule has 3 N–H and O–H groups in total. The minimum absolute atomic E-state index is 0.273. The third-order valence-electron chi connectivity index (χ3n) is 7.22. The molecule has 0 aromatic rings. The van der Waals surface area contributed by atoms with Crippen LogP contribution in [0.5, 0.6) is 0 Å². The van der Waals surface area contributed by atoms with E-state index in [9.17, 15) is 15.3 Å². The van der Waals surface area contributed by atoms with E-state index in [0.29, 0.717) is 6.61 Å². The maximum atomic E-state index is 10.2. The van der Waals surface area contributed by atoms with Crippen LogP contribution in [0.25, 0.3) is 0 Å². The van der Waals surface area contributed by atoms with Gasteiger partial charge in [0.25, 0.3) is 0 Å². The van der Waals surface area contributed by atoms with Gasteiger partial charge in [-0.15, -0.1) is 6.58 Å². The van der Waals surface area contributed by atoms with Crippen molar-refractivity contribution in [2.75, 3.05) is 26.4 Å². The normalized spacial score (nSPS) is 12.4. The summed E-state index contributed by atoms with van der Waals surface area (Å²) in [5.74, 6) is 0. The van der Waals surface area contributed by atoms with Gasteiger partial charge >= 0.3 is 0 Å². The first kappa shape index (κ1) is 31.6. The lowest BCUT2D eigenvalue weighted by atomic mass is 9.67. The van der Waals surface area contributed by atoms with Gasteiger partial charge in [-0.1, -0.05) is 123 Å². The number of hydrogen-bond acceptors (Lipinski definition) is 4. The van der Waals surface area contributed by atoms with Crippen molar-refractivity contribution in [3.05, 3.63) is 12.7 Å². The molecule has 0 radical (unpaired) electrons. The summed E-state index contributed by atoms with van der Waals surface area (Å²) in [4.78, 5) is 0. The molecule has 0 aliphatic rings. The van der Waals surface area contributed by atoms with Crippen LogP contribution < -0.4 is 0 Å². The number of aliphatic hydroxyl groups is 3. The smallest absolute Gasteiger partial charge is 0.0808 e. The van der Waals surface area contributed by atoms with Gasteiger partial charge in [0.1, 0.15) is 0 Å². The molecular weight excluding hydrogens is 400 g/mol. The van der Waals surface area contributed by atoms with Crippen LogP contribution in [0.3, 0.4) is 0 Å². The molecule has 4 nitrogen and oxygen atoms in total. The van der Waals surface area contributed by atoms with Gasteiger partial charge in [0.05, 0.1) is 37.4 Å². The molecule has 32 heavy (non-hydrogen) atoms. The molecule has 0 saturated carbocycles. The van der Waals surface area contributed by atoms with E-state index in [0.717, 1.165) is 38.5 Å².